The zero-order valence-electron chi connectivity index (χ0n) is 14.2. The van der Waals surface area contributed by atoms with E-state index in [9.17, 15) is 8.42 Å². The molecule has 2 rings (SSSR count). The van der Waals surface area contributed by atoms with Gasteiger partial charge in [0.25, 0.3) is 0 Å². The van der Waals surface area contributed by atoms with E-state index in [1.807, 2.05) is 53.7 Å². The second kappa shape index (κ2) is 5.62. The number of ether oxygens (including phenoxy) is 2. The number of sulfone groups is 1. The summed E-state index contributed by atoms with van der Waals surface area (Å²) < 4.78 is 37.2. The van der Waals surface area contributed by atoms with E-state index in [0.717, 1.165) is 5.56 Å². The molecule has 1 fully saturated rings. The van der Waals surface area contributed by atoms with Gasteiger partial charge in [-0.05, 0) is 53.7 Å². The van der Waals surface area contributed by atoms with Crippen molar-refractivity contribution in [3.8, 4) is 0 Å². The minimum atomic E-state index is -3.38. The Morgan fingerprint density at radius 1 is 1.09 bits per heavy atom. The fraction of sp³-hybridized carbons (Fsp3) is 0.647. The summed E-state index contributed by atoms with van der Waals surface area (Å²) in [5.41, 5.74) is 0.470. The number of rotatable bonds is 3. The van der Waals surface area contributed by atoms with Gasteiger partial charge in [0, 0.05) is 5.92 Å². The van der Waals surface area contributed by atoms with Crippen LogP contribution in [0.25, 0.3) is 0 Å². The molecule has 0 saturated carbocycles. The third-order valence-electron chi connectivity index (χ3n) is 4.22. The zero-order chi connectivity index (χ0) is 16.8. The van der Waals surface area contributed by atoms with Crippen LogP contribution in [0.1, 0.15) is 40.2 Å². The van der Waals surface area contributed by atoms with E-state index in [1.54, 1.807) is 12.1 Å². The Labute approximate surface area is 133 Å². The summed E-state index contributed by atoms with van der Waals surface area (Å²) in [7, 11) is -3.38. The van der Waals surface area contributed by atoms with Crippen molar-refractivity contribution in [1.82, 2.24) is 0 Å². The van der Waals surface area contributed by atoms with Crippen molar-refractivity contribution in [3.05, 3.63) is 29.8 Å². The number of aryl methyl sites for hydroxylation is 1. The lowest BCUT2D eigenvalue weighted by Crippen LogP contribution is -2.57. The normalized spacial score (nSPS) is 27.5. The molecular weight excluding hydrogens is 300 g/mol. The molecule has 1 aromatic rings. The maximum Gasteiger partial charge on any atom is 0.178 e. The highest BCUT2D eigenvalue weighted by molar-refractivity contribution is 7.91. The van der Waals surface area contributed by atoms with Gasteiger partial charge in [-0.1, -0.05) is 17.7 Å². The maximum atomic E-state index is 12.7. The summed E-state index contributed by atoms with van der Waals surface area (Å²) in [6.45, 7) is 11.4. The molecule has 0 aromatic heterocycles. The van der Waals surface area contributed by atoms with E-state index in [0.29, 0.717) is 4.90 Å². The molecular formula is C17H26O4S. The SMILES string of the molecule is Cc1ccc(S(=O)(=O)C[C@H]2C(C)OC(C)(C)OC2(C)C)cc1. The molecule has 0 N–H and O–H groups in total. The van der Waals surface area contributed by atoms with Crippen LogP contribution in [0.5, 0.6) is 0 Å². The van der Waals surface area contributed by atoms with Crippen molar-refractivity contribution in [2.75, 3.05) is 5.75 Å². The van der Waals surface area contributed by atoms with Crippen molar-refractivity contribution >= 4 is 9.84 Å². The van der Waals surface area contributed by atoms with Gasteiger partial charge in [-0.3, -0.25) is 0 Å². The summed E-state index contributed by atoms with van der Waals surface area (Å²) >= 11 is 0. The topological polar surface area (TPSA) is 52.6 Å². The van der Waals surface area contributed by atoms with Crippen molar-refractivity contribution in [2.24, 2.45) is 5.92 Å². The van der Waals surface area contributed by atoms with Gasteiger partial charge in [0.15, 0.2) is 15.6 Å². The van der Waals surface area contributed by atoms with Gasteiger partial charge in [0.2, 0.25) is 0 Å². The molecule has 4 nitrogen and oxygen atoms in total. The van der Waals surface area contributed by atoms with E-state index < -0.39 is 21.2 Å². The molecule has 0 bridgehead atoms. The van der Waals surface area contributed by atoms with E-state index in [-0.39, 0.29) is 17.8 Å². The van der Waals surface area contributed by atoms with Gasteiger partial charge in [-0.25, -0.2) is 8.42 Å². The third-order valence-corrected chi connectivity index (χ3v) is 6.01. The summed E-state index contributed by atoms with van der Waals surface area (Å²) in [6.07, 6.45) is -0.195. The van der Waals surface area contributed by atoms with Crippen LogP contribution < -0.4 is 0 Å². The van der Waals surface area contributed by atoms with Crippen LogP contribution in [0, 0.1) is 12.8 Å². The van der Waals surface area contributed by atoms with Crippen molar-refractivity contribution in [3.63, 3.8) is 0 Å². The first-order valence-electron chi connectivity index (χ1n) is 7.60. The number of hydrogen-bond acceptors (Lipinski definition) is 4. The average Bonchev–Trinajstić information content (AvgIpc) is 2.32. The molecule has 1 unspecified atom stereocenters. The highest BCUT2D eigenvalue weighted by Gasteiger charge is 2.48. The molecule has 2 atom stereocenters. The Kier molecular flexibility index (Phi) is 4.46. The van der Waals surface area contributed by atoms with Crippen LogP contribution in [0.15, 0.2) is 29.2 Å². The monoisotopic (exact) mass is 326 g/mol. The van der Waals surface area contributed by atoms with Crippen LogP contribution in [-0.4, -0.2) is 31.7 Å². The van der Waals surface area contributed by atoms with Crippen LogP contribution in [-0.2, 0) is 19.3 Å². The van der Waals surface area contributed by atoms with Gasteiger partial charge in [0.05, 0.1) is 22.4 Å². The Hall–Kier alpha value is -0.910. The second-order valence-electron chi connectivity index (χ2n) is 7.13. The molecule has 1 aliphatic heterocycles. The molecule has 124 valence electrons. The van der Waals surface area contributed by atoms with Crippen LogP contribution in [0.4, 0.5) is 0 Å². The summed E-state index contributed by atoms with van der Waals surface area (Å²) in [5, 5.41) is 0. The molecule has 0 aliphatic carbocycles. The minimum Gasteiger partial charge on any atom is -0.347 e. The molecule has 5 heteroatoms. The largest absolute Gasteiger partial charge is 0.347 e. The number of hydrogen-bond donors (Lipinski definition) is 0. The van der Waals surface area contributed by atoms with Crippen molar-refractivity contribution in [2.45, 2.75) is 63.9 Å². The Morgan fingerprint density at radius 3 is 2.14 bits per heavy atom. The fourth-order valence-corrected chi connectivity index (χ4v) is 5.13. The lowest BCUT2D eigenvalue weighted by atomic mass is 9.86. The molecule has 1 aromatic carbocycles. The van der Waals surface area contributed by atoms with E-state index in [1.165, 1.54) is 0 Å². The highest BCUT2D eigenvalue weighted by Crippen LogP contribution is 2.39. The van der Waals surface area contributed by atoms with Crippen molar-refractivity contribution < 1.29 is 17.9 Å². The molecule has 0 spiro atoms. The smallest absolute Gasteiger partial charge is 0.178 e. The molecule has 1 aliphatic rings. The highest BCUT2D eigenvalue weighted by atomic mass is 32.2. The Balaban J connectivity index is 2.27. The predicted molar refractivity (Wildman–Crippen MR) is 86.5 cm³/mol. The predicted octanol–water partition coefficient (Wildman–Crippen LogP) is 3.33. The average molecular weight is 326 g/mol. The first-order chi connectivity index (χ1) is 9.93. The molecule has 0 radical (unpaired) electrons. The van der Waals surface area contributed by atoms with Crippen LogP contribution >= 0.6 is 0 Å². The maximum absolute atomic E-state index is 12.7. The standard InChI is InChI=1S/C17H26O4S/c1-12-7-9-14(10-8-12)22(18,19)11-15-13(2)20-17(5,6)21-16(15,3)4/h7-10,13,15H,11H2,1-6H3/t13?,15-/m0/s1. The fourth-order valence-electron chi connectivity index (χ4n) is 3.24. The third kappa shape index (κ3) is 3.70. The first-order valence-corrected chi connectivity index (χ1v) is 9.26. The summed E-state index contributed by atoms with van der Waals surface area (Å²) in [4.78, 5) is 0.353. The lowest BCUT2D eigenvalue weighted by Gasteiger charge is -2.49. The Morgan fingerprint density at radius 2 is 1.64 bits per heavy atom. The van der Waals surface area contributed by atoms with Crippen LogP contribution in [0.2, 0.25) is 0 Å². The van der Waals surface area contributed by atoms with Gasteiger partial charge < -0.3 is 9.47 Å². The molecule has 22 heavy (non-hydrogen) atoms. The molecule has 1 saturated heterocycles. The van der Waals surface area contributed by atoms with E-state index in [4.69, 9.17) is 9.47 Å². The van der Waals surface area contributed by atoms with Crippen molar-refractivity contribution in [1.29, 1.82) is 0 Å². The lowest BCUT2D eigenvalue weighted by molar-refractivity contribution is -0.341. The van der Waals surface area contributed by atoms with Crippen LogP contribution in [0.3, 0.4) is 0 Å². The number of benzene rings is 1. The quantitative estimate of drug-likeness (QED) is 0.855. The first kappa shape index (κ1) is 17.4. The zero-order valence-corrected chi connectivity index (χ0v) is 15.0. The van der Waals surface area contributed by atoms with Gasteiger partial charge >= 0.3 is 0 Å². The molecule has 1 heterocycles. The van der Waals surface area contributed by atoms with Gasteiger partial charge in [-0.2, -0.15) is 0 Å². The van der Waals surface area contributed by atoms with E-state index in [2.05, 4.69) is 0 Å². The summed E-state index contributed by atoms with van der Waals surface area (Å²) in [6, 6.07) is 6.96. The minimum absolute atomic E-state index is 0.0142. The van der Waals surface area contributed by atoms with Gasteiger partial charge in [-0.15, -0.1) is 0 Å². The molecule has 0 amide bonds. The second-order valence-corrected chi connectivity index (χ2v) is 9.16. The Bertz CT molecular complexity index is 629. The summed E-state index contributed by atoms with van der Waals surface area (Å²) in [5.74, 6) is -0.917. The van der Waals surface area contributed by atoms with Gasteiger partial charge in [0.1, 0.15) is 0 Å². The van der Waals surface area contributed by atoms with E-state index >= 15 is 0 Å².